The molecule has 0 spiro atoms. The lowest BCUT2D eigenvalue weighted by Crippen LogP contribution is -2.37. The molecule has 7 heteroatoms. The van der Waals surface area contributed by atoms with Gasteiger partial charge in [-0.3, -0.25) is 9.59 Å². The number of carboxylic acid groups (broad SMARTS) is 1. The number of aliphatic carboxylic acids is 1. The first kappa shape index (κ1) is 14.9. The number of anilines is 1. The topological polar surface area (TPSA) is 118 Å². The number of carbonyl (C=O) groups is 2. The highest BCUT2D eigenvalue weighted by molar-refractivity contribution is 5.90. The summed E-state index contributed by atoms with van der Waals surface area (Å²) < 4.78 is 0. The van der Waals surface area contributed by atoms with E-state index in [1.54, 1.807) is 6.07 Å². The summed E-state index contributed by atoms with van der Waals surface area (Å²) in [5.74, 6) is -1.08. The van der Waals surface area contributed by atoms with E-state index in [4.69, 9.17) is 5.73 Å². The van der Waals surface area contributed by atoms with E-state index in [9.17, 15) is 14.7 Å². The first-order valence-electron chi connectivity index (χ1n) is 6.06. The first-order valence-corrected chi connectivity index (χ1v) is 6.06. The molecule has 0 aliphatic rings. The summed E-state index contributed by atoms with van der Waals surface area (Å²) in [6.07, 6.45) is 1.03. The Kier molecular flexibility index (Phi) is 4.80. The fraction of sp³-hybridized carbons (Fsp3) is 0.500. The van der Waals surface area contributed by atoms with Gasteiger partial charge in [-0.05, 0) is 25.0 Å². The Morgan fingerprint density at radius 2 is 1.95 bits per heavy atom. The monoisotopic (exact) mass is 266 g/mol. The fourth-order valence-corrected chi connectivity index (χ4v) is 1.70. The molecule has 0 radical (unpaired) electrons. The zero-order valence-electron chi connectivity index (χ0n) is 11.0. The van der Waals surface area contributed by atoms with Crippen molar-refractivity contribution in [3.05, 3.63) is 17.8 Å². The Morgan fingerprint density at radius 1 is 1.32 bits per heavy atom. The molecule has 1 aromatic heterocycles. The number of carboxylic acids is 1. The van der Waals surface area contributed by atoms with Crippen molar-refractivity contribution in [1.29, 1.82) is 0 Å². The van der Waals surface area contributed by atoms with Crippen molar-refractivity contribution in [3.63, 3.8) is 0 Å². The second kappa shape index (κ2) is 6.12. The molecule has 19 heavy (non-hydrogen) atoms. The number of nitrogens with zero attached hydrogens (tertiary/aromatic N) is 2. The maximum Gasteiger partial charge on any atom is 0.311 e. The van der Waals surface area contributed by atoms with Crippen LogP contribution in [-0.2, 0) is 4.79 Å². The number of nitrogens with two attached hydrogens (primary N) is 1. The van der Waals surface area contributed by atoms with Crippen LogP contribution in [0.3, 0.4) is 0 Å². The largest absolute Gasteiger partial charge is 0.481 e. The number of aromatic nitrogens is 2. The maximum absolute atomic E-state index is 11.3. The highest BCUT2D eigenvalue weighted by atomic mass is 16.4. The predicted octanol–water partition coefficient (Wildman–Crippen LogP) is 0.878. The molecule has 0 aliphatic heterocycles. The van der Waals surface area contributed by atoms with E-state index < -0.39 is 17.3 Å². The van der Waals surface area contributed by atoms with Gasteiger partial charge in [0.05, 0.1) is 5.41 Å². The summed E-state index contributed by atoms with van der Waals surface area (Å²) in [4.78, 5) is 22.1. The summed E-state index contributed by atoms with van der Waals surface area (Å²) >= 11 is 0. The van der Waals surface area contributed by atoms with Gasteiger partial charge < -0.3 is 16.2 Å². The number of primary amides is 1. The molecular formula is C12H18N4O3. The summed E-state index contributed by atoms with van der Waals surface area (Å²) in [5.41, 5.74) is 4.29. The molecule has 0 unspecified atom stereocenters. The Morgan fingerprint density at radius 3 is 2.32 bits per heavy atom. The third-order valence-corrected chi connectivity index (χ3v) is 3.33. The summed E-state index contributed by atoms with van der Waals surface area (Å²) in [5, 5.41) is 19.6. The van der Waals surface area contributed by atoms with Crippen LogP contribution in [0.1, 0.15) is 37.2 Å². The lowest BCUT2D eigenvalue weighted by atomic mass is 9.82. The van der Waals surface area contributed by atoms with Gasteiger partial charge in [0.1, 0.15) is 5.82 Å². The molecule has 1 rings (SSSR count). The summed E-state index contributed by atoms with van der Waals surface area (Å²) in [6, 6.07) is 2.99. The quantitative estimate of drug-likeness (QED) is 0.674. The van der Waals surface area contributed by atoms with Crippen molar-refractivity contribution in [2.45, 2.75) is 26.7 Å². The fourth-order valence-electron chi connectivity index (χ4n) is 1.70. The van der Waals surface area contributed by atoms with Crippen LogP contribution in [0.2, 0.25) is 0 Å². The van der Waals surface area contributed by atoms with Gasteiger partial charge in [-0.25, -0.2) is 0 Å². The van der Waals surface area contributed by atoms with E-state index in [0.717, 1.165) is 0 Å². The van der Waals surface area contributed by atoms with Gasteiger partial charge in [0.2, 0.25) is 0 Å². The molecule has 0 saturated carbocycles. The molecule has 0 aromatic carbocycles. The van der Waals surface area contributed by atoms with E-state index in [-0.39, 0.29) is 12.2 Å². The molecule has 104 valence electrons. The molecule has 1 aromatic rings. The van der Waals surface area contributed by atoms with E-state index >= 15 is 0 Å². The standard InChI is InChI=1S/C12H18N4O3/c1-3-12(4-2,11(18)19)7-14-9-6-5-8(10(13)17)15-16-9/h5-6H,3-4,7H2,1-2H3,(H2,13,17)(H,14,16)(H,18,19). The Hall–Kier alpha value is -2.18. The molecule has 4 N–H and O–H groups in total. The number of hydrogen-bond acceptors (Lipinski definition) is 5. The van der Waals surface area contributed by atoms with Crippen LogP contribution in [0.5, 0.6) is 0 Å². The number of hydrogen-bond donors (Lipinski definition) is 3. The Bertz CT molecular complexity index is 455. The third-order valence-electron chi connectivity index (χ3n) is 3.33. The highest BCUT2D eigenvalue weighted by Gasteiger charge is 2.34. The SMILES string of the molecule is CCC(CC)(CNc1ccc(C(N)=O)nn1)C(=O)O. The zero-order valence-corrected chi connectivity index (χ0v) is 11.0. The van der Waals surface area contributed by atoms with Gasteiger partial charge in [0.25, 0.3) is 5.91 Å². The van der Waals surface area contributed by atoms with Crippen LogP contribution < -0.4 is 11.1 Å². The van der Waals surface area contributed by atoms with Gasteiger partial charge >= 0.3 is 5.97 Å². The minimum atomic E-state index is -0.841. The van der Waals surface area contributed by atoms with Crippen LogP contribution in [0.25, 0.3) is 0 Å². The molecule has 0 atom stereocenters. The average Bonchev–Trinajstić information content (AvgIpc) is 2.40. The van der Waals surface area contributed by atoms with E-state index in [2.05, 4.69) is 15.5 Å². The van der Waals surface area contributed by atoms with Gasteiger partial charge in [0.15, 0.2) is 5.69 Å². The zero-order chi connectivity index (χ0) is 14.5. The molecule has 1 heterocycles. The molecule has 1 amide bonds. The number of nitrogens with one attached hydrogen (secondary N) is 1. The van der Waals surface area contributed by atoms with Crippen LogP contribution in [-0.4, -0.2) is 33.7 Å². The van der Waals surface area contributed by atoms with E-state index in [0.29, 0.717) is 18.7 Å². The minimum absolute atomic E-state index is 0.0704. The van der Waals surface area contributed by atoms with E-state index in [1.165, 1.54) is 6.07 Å². The van der Waals surface area contributed by atoms with Gasteiger partial charge in [-0.1, -0.05) is 13.8 Å². The lowest BCUT2D eigenvalue weighted by molar-refractivity contribution is -0.148. The van der Waals surface area contributed by atoms with E-state index in [1.807, 2.05) is 13.8 Å². The highest BCUT2D eigenvalue weighted by Crippen LogP contribution is 2.26. The van der Waals surface area contributed by atoms with Crippen molar-refractivity contribution in [2.75, 3.05) is 11.9 Å². The third kappa shape index (κ3) is 3.40. The van der Waals surface area contributed by atoms with Crippen LogP contribution in [0.15, 0.2) is 12.1 Å². The smallest absolute Gasteiger partial charge is 0.311 e. The normalized spacial score (nSPS) is 11.1. The lowest BCUT2D eigenvalue weighted by Gasteiger charge is -2.26. The summed E-state index contributed by atoms with van der Waals surface area (Å²) in [6.45, 7) is 3.92. The van der Waals surface area contributed by atoms with Crippen LogP contribution >= 0.6 is 0 Å². The second-order valence-corrected chi connectivity index (χ2v) is 4.31. The molecule has 0 saturated heterocycles. The number of amides is 1. The second-order valence-electron chi connectivity index (χ2n) is 4.31. The van der Waals surface area contributed by atoms with Gasteiger partial charge in [-0.2, -0.15) is 0 Å². The maximum atomic E-state index is 11.3. The minimum Gasteiger partial charge on any atom is -0.481 e. The molecule has 0 aliphatic carbocycles. The van der Waals surface area contributed by atoms with Crippen molar-refractivity contribution < 1.29 is 14.7 Å². The molecule has 0 fully saturated rings. The van der Waals surface area contributed by atoms with Crippen molar-refractivity contribution in [2.24, 2.45) is 11.1 Å². The Balaban J connectivity index is 2.75. The Labute approximate surface area is 111 Å². The van der Waals surface area contributed by atoms with Crippen LogP contribution in [0.4, 0.5) is 5.82 Å². The number of rotatable bonds is 7. The first-order chi connectivity index (χ1) is 8.95. The van der Waals surface area contributed by atoms with Crippen LogP contribution in [0, 0.1) is 5.41 Å². The van der Waals surface area contributed by atoms with Gasteiger partial charge in [0, 0.05) is 6.54 Å². The van der Waals surface area contributed by atoms with Crippen molar-refractivity contribution >= 4 is 17.7 Å². The molecule has 7 nitrogen and oxygen atoms in total. The molecule has 0 bridgehead atoms. The average molecular weight is 266 g/mol. The summed E-state index contributed by atoms with van der Waals surface area (Å²) in [7, 11) is 0. The van der Waals surface area contributed by atoms with Crippen molar-refractivity contribution in [1.82, 2.24) is 10.2 Å². The predicted molar refractivity (Wildman–Crippen MR) is 69.7 cm³/mol. The molecular weight excluding hydrogens is 248 g/mol. The number of carbonyl (C=O) groups excluding carboxylic acids is 1. The van der Waals surface area contributed by atoms with Gasteiger partial charge in [-0.15, -0.1) is 10.2 Å². The van der Waals surface area contributed by atoms with Crippen molar-refractivity contribution in [3.8, 4) is 0 Å².